The lowest BCUT2D eigenvalue weighted by Gasteiger charge is -2.34. The van der Waals surface area contributed by atoms with Gasteiger partial charge in [0.05, 0.1) is 9.82 Å². The van der Waals surface area contributed by atoms with Gasteiger partial charge in [0.2, 0.25) is 10.0 Å². The lowest BCUT2D eigenvalue weighted by Crippen LogP contribution is -2.48. The summed E-state index contributed by atoms with van der Waals surface area (Å²) in [6.45, 7) is 2.68. The minimum atomic E-state index is -3.64. The molecule has 172 valence electrons. The number of sulfonamides is 1. The van der Waals surface area contributed by atoms with Crippen molar-refractivity contribution in [2.75, 3.05) is 26.2 Å². The van der Waals surface area contributed by atoms with Gasteiger partial charge >= 0.3 is 11.9 Å². The van der Waals surface area contributed by atoms with Crippen LogP contribution in [0.3, 0.4) is 0 Å². The Kier molecular flexibility index (Phi) is 8.66. The first kappa shape index (κ1) is 25.2. The van der Waals surface area contributed by atoms with E-state index in [4.69, 9.17) is 31.4 Å². The number of carbonyl (C=O) groups is 2. The van der Waals surface area contributed by atoms with E-state index in [2.05, 4.69) is 4.90 Å². The van der Waals surface area contributed by atoms with Gasteiger partial charge in [0.15, 0.2) is 0 Å². The van der Waals surface area contributed by atoms with Crippen molar-refractivity contribution in [3.63, 3.8) is 0 Å². The van der Waals surface area contributed by atoms with E-state index >= 15 is 0 Å². The van der Waals surface area contributed by atoms with Crippen LogP contribution in [0.4, 0.5) is 5.69 Å². The molecule has 1 fully saturated rings. The smallest absolute Gasteiger partial charge is 0.414 e. The van der Waals surface area contributed by atoms with Crippen molar-refractivity contribution in [1.82, 2.24) is 9.21 Å². The molecular weight excluding hydrogens is 466 g/mol. The monoisotopic (exact) mass is 485 g/mol. The van der Waals surface area contributed by atoms with Crippen LogP contribution >= 0.6 is 11.6 Å². The first-order valence-electron chi connectivity index (χ1n) is 9.18. The number of piperazine rings is 1. The Balaban J connectivity index is 0.000000534. The van der Waals surface area contributed by atoms with Crippen LogP contribution in [0.2, 0.25) is 5.02 Å². The molecule has 2 N–H and O–H groups in total. The predicted molar refractivity (Wildman–Crippen MR) is 114 cm³/mol. The van der Waals surface area contributed by atoms with Gasteiger partial charge < -0.3 is 10.2 Å². The molecule has 0 atom stereocenters. The lowest BCUT2D eigenvalue weighted by molar-refractivity contribution is -0.384. The number of aliphatic carboxylic acids is 2. The van der Waals surface area contributed by atoms with Gasteiger partial charge in [0, 0.05) is 49.9 Å². The van der Waals surface area contributed by atoms with Gasteiger partial charge in [-0.15, -0.1) is 0 Å². The Hall–Kier alpha value is -3.06. The molecule has 32 heavy (non-hydrogen) atoms. The van der Waals surface area contributed by atoms with Crippen LogP contribution in [-0.2, 0) is 26.2 Å². The standard InChI is InChI=1S/C17H18ClN3O4S.C2H2O4/c18-15-3-1-2-14(12-15)13-19-8-10-20(11-9-19)26(24,25)17-6-4-16(5-7-17)21(22)23;3-1(4)2(5)6/h1-7,12H,8-11,13H2;(H,3,4)(H,5,6). The van der Waals surface area contributed by atoms with Crippen molar-refractivity contribution in [3.8, 4) is 0 Å². The maximum atomic E-state index is 12.7. The summed E-state index contributed by atoms with van der Waals surface area (Å²) in [5, 5.41) is 26.2. The fourth-order valence-corrected chi connectivity index (χ4v) is 4.55. The molecule has 2 aromatic carbocycles. The molecule has 2 aromatic rings. The maximum Gasteiger partial charge on any atom is 0.414 e. The highest BCUT2D eigenvalue weighted by molar-refractivity contribution is 7.89. The molecule has 0 aliphatic carbocycles. The predicted octanol–water partition coefficient (Wildman–Crippen LogP) is 1.91. The molecular formula is C19H20ClN3O8S. The number of nitrogens with zero attached hydrogens (tertiary/aromatic N) is 3. The number of carboxylic acid groups (broad SMARTS) is 2. The van der Waals surface area contributed by atoms with Crippen molar-refractivity contribution in [2.45, 2.75) is 11.4 Å². The summed E-state index contributed by atoms with van der Waals surface area (Å²) < 4.78 is 26.8. The normalized spacial score (nSPS) is 14.8. The second kappa shape index (κ2) is 11.0. The van der Waals surface area contributed by atoms with E-state index in [0.717, 1.165) is 5.56 Å². The molecule has 0 saturated carbocycles. The molecule has 13 heteroatoms. The number of nitro benzene ring substituents is 1. The van der Waals surface area contributed by atoms with E-state index in [1.807, 2.05) is 24.3 Å². The van der Waals surface area contributed by atoms with Crippen molar-refractivity contribution >= 4 is 39.3 Å². The van der Waals surface area contributed by atoms with Crippen LogP contribution in [0, 0.1) is 10.1 Å². The molecule has 1 aliphatic heterocycles. The van der Waals surface area contributed by atoms with Crippen LogP contribution < -0.4 is 0 Å². The van der Waals surface area contributed by atoms with Gasteiger partial charge in [-0.25, -0.2) is 18.0 Å². The van der Waals surface area contributed by atoms with E-state index in [9.17, 15) is 18.5 Å². The van der Waals surface area contributed by atoms with E-state index < -0.39 is 26.9 Å². The van der Waals surface area contributed by atoms with Gasteiger partial charge in [-0.2, -0.15) is 4.31 Å². The van der Waals surface area contributed by atoms with Crippen LogP contribution in [0.15, 0.2) is 53.4 Å². The average Bonchev–Trinajstić information content (AvgIpc) is 2.74. The number of hydrogen-bond acceptors (Lipinski definition) is 7. The molecule has 0 spiro atoms. The van der Waals surface area contributed by atoms with Gasteiger partial charge in [-0.05, 0) is 29.8 Å². The van der Waals surface area contributed by atoms with Crippen molar-refractivity contribution in [3.05, 3.63) is 69.2 Å². The van der Waals surface area contributed by atoms with E-state index in [1.165, 1.54) is 28.6 Å². The minimum absolute atomic E-state index is 0.0754. The average molecular weight is 486 g/mol. The molecule has 0 radical (unpaired) electrons. The van der Waals surface area contributed by atoms with Crippen LogP contribution in [-0.4, -0.2) is 70.9 Å². The SMILES string of the molecule is O=C(O)C(=O)O.O=[N+]([O-])c1ccc(S(=O)(=O)N2CCN(Cc3cccc(Cl)c3)CC2)cc1. The third kappa shape index (κ3) is 6.99. The summed E-state index contributed by atoms with van der Waals surface area (Å²) in [5.41, 5.74) is 0.958. The van der Waals surface area contributed by atoms with Gasteiger partial charge in [0.25, 0.3) is 5.69 Å². The highest BCUT2D eigenvalue weighted by Gasteiger charge is 2.28. The highest BCUT2D eigenvalue weighted by atomic mass is 35.5. The second-order valence-electron chi connectivity index (χ2n) is 6.67. The molecule has 11 nitrogen and oxygen atoms in total. The Morgan fingerprint density at radius 1 is 1.00 bits per heavy atom. The fourth-order valence-electron chi connectivity index (χ4n) is 2.91. The number of rotatable bonds is 5. The second-order valence-corrected chi connectivity index (χ2v) is 9.05. The molecule has 1 saturated heterocycles. The van der Waals surface area contributed by atoms with Crippen molar-refractivity contribution in [2.24, 2.45) is 0 Å². The summed E-state index contributed by atoms with van der Waals surface area (Å²) in [6, 6.07) is 12.6. The molecule has 0 unspecified atom stereocenters. The first-order valence-corrected chi connectivity index (χ1v) is 11.0. The molecule has 0 aromatic heterocycles. The van der Waals surface area contributed by atoms with Crippen molar-refractivity contribution < 1.29 is 33.1 Å². The third-order valence-corrected chi connectivity index (χ3v) is 6.64. The summed E-state index contributed by atoms with van der Waals surface area (Å²) in [7, 11) is -3.64. The lowest BCUT2D eigenvalue weighted by atomic mass is 10.2. The zero-order valence-electron chi connectivity index (χ0n) is 16.6. The highest BCUT2D eigenvalue weighted by Crippen LogP contribution is 2.21. The quantitative estimate of drug-likeness (QED) is 0.366. The van der Waals surface area contributed by atoms with Gasteiger partial charge in [-0.1, -0.05) is 23.7 Å². The Morgan fingerprint density at radius 2 is 1.56 bits per heavy atom. The summed E-state index contributed by atoms with van der Waals surface area (Å²) in [6.07, 6.45) is 0. The number of hydrogen-bond donors (Lipinski definition) is 2. The first-order chi connectivity index (χ1) is 15.0. The summed E-state index contributed by atoms with van der Waals surface area (Å²) in [4.78, 5) is 30.6. The topological polar surface area (TPSA) is 158 Å². The van der Waals surface area contributed by atoms with Crippen LogP contribution in [0.1, 0.15) is 5.56 Å². The molecule has 1 aliphatic rings. The molecule has 3 rings (SSSR count). The number of halogens is 1. The number of benzene rings is 2. The van der Waals surface area contributed by atoms with Crippen LogP contribution in [0.25, 0.3) is 0 Å². The van der Waals surface area contributed by atoms with Crippen molar-refractivity contribution in [1.29, 1.82) is 0 Å². The number of carboxylic acids is 2. The number of non-ortho nitro benzene ring substituents is 1. The van der Waals surface area contributed by atoms with E-state index in [-0.39, 0.29) is 10.6 Å². The zero-order valence-corrected chi connectivity index (χ0v) is 18.2. The van der Waals surface area contributed by atoms with E-state index in [0.29, 0.717) is 37.7 Å². The van der Waals surface area contributed by atoms with E-state index in [1.54, 1.807) is 0 Å². The summed E-state index contributed by atoms with van der Waals surface area (Å²) >= 11 is 6.00. The Labute approximate surface area is 188 Å². The molecule has 0 amide bonds. The Bertz CT molecular complexity index is 1070. The third-order valence-electron chi connectivity index (χ3n) is 4.49. The Morgan fingerprint density at radius 3 is 2.03 bits per heavy atom. The largest absolute Gasteiger partial charge is 0.473 e. The summed E-state index contributed by atoms with van der Waals surface area (Å²) in [5.74, 6) is -3.65. The fraction of sp³-hybridized carbons (Fsp3) is 0.263. The maximum absolute atomic E-state index is 12.7. The van der Waals surface area contributed by atoms with Gasteiger partial charge in [-0.3, -0.25) is 15.0 Å². The van der Waals surface area contributed by atoms with Gasteiger partial charge in [0.1, 0.15) is 0 Å². The zero-order chi connectivity index (χ0) is 23.9. The molecule has 1 heterocycles. The number of nitro groups is 1. The molecule has 0 bridgehead atoms. The minimum Gasteiger partial charge on any atom is -0.473 e. The van der Waals surface area contributed by atoms with Crippen LogP contribution in [0.5, 0.6) is 0 Å².